The summed E-state index contributed by atoms with van der Waals surface area (Å²) in [5.41, 5.74) is 2.23. The highest BCUT2D eigenvalue weighted by Crippen LogP contribution is 2.13. The lowest BCUT2D eigenvalue weighted by molar-refractivity contribution is 0.880. The van der Waals surface area contributed by atoms with Gasteiger partial charge in [-0.25, -0.2) is 4.68 Å². The number of hydrogen-bond donors (Lipinski definition) is 1. The van der Waals surface area contributed by atoms with Crippen LogP contribution in [0.5, 0.6) is 0 Å². The van der Waals surface area contributed by atoms with E-state index in [-0.39, 0.29) is 0 Å². The Bertz CT molecular complexity index is 407. The van der Waals surface area contributed by atoms with E-state index in [9.17, 15) is 0 Å². The van der Waals surface area contributed by atoms with Gasteiger partial charge in [-0.05, 0) is 30.7 Å². The topological polar surface area (TPSA) is 29.9 Å². The molecule has 0 spiro atoms. The van der Waals surface area contributed by atoms with Crippen LogP contribution in [0.25, 0.3) is 5.69 Å². The molecule has 0 saturated carbocycles. The van der Waals surface area contributed by atoms with Gasteiger partial charge in [0.25, 0.3) is 0 Å². The third-order valence-electron chi connectivity index (χ3n) is 2.19. The van der Waals surface area contributed by atoms with Crippen LogP contribution < -0.4 is 5.32 Å². The van der Waals surface area contributed by atoms with Gasteiger partial charge in [-0.1, -0.05) is 13.0 Å². The zero-order chi connectivity index (χ0) is 10.5. The predicted molar refractivity (Wildman–Crippen MR) is 62.3 cm³/mol. The molecule has 0 bridgehead atoms. The first-order valence-corrected chi connectivity index (χ1v) is 5.24. The second-order valence-corrected chi connectivity index (χ2v) is 3.43. The fraction of sp³-hybridized carbons (Fsp3) is 0.250. The monoisotopic (exact) mass is 201 g/mol. The van der Waals surface area contributed by atoms with Crippen molar-refractivity contribution in [3.63, 3.8) is 0 Å². The van der Waals surface area contributed by atoms with Gasteiger partial charge in [-0.2, -0.15) is 5.10 Å². The highest BCUT2D eigenvalue weighted by molar-refractivity contribution is 5.50. The van der Waals surface area contributed by atoms with Crippen molar-refractivity contribution in [2.24, 2.45) is 0 Å². The average molecular weight is 201 g/mol. The smallest absolute Gasteiger partial charge is 0.0666 e. The number of nitrogens with zero attached hydrogens (tertiary/aromatic N) is 2. The standard InChI is InChI=1S/C12H15N3/c1-2-7-13-11-5-3-6-12(10-11)15-9-4-8-14-15/h3-6,8-10,13H,2,7H2,1H3. The minimum Gasteiger partial charge on any atom is -0.385 e. The van der Waals surface area contributed by atoms with E-state index in [2.05, 4.69) is 29.5 Å². The van der Waals surface area contributed by atoms with Crippen molar-refractivity contribution in [3.8, 4) is 5.69 Å². The van der Waals surface area contributed by atoms with E-state index in [1.165, 1.54) is 0 Å². The maximum absolute atomic E-state index is 4.20. The Kier molecular flexibility index (Phi) is 3.02. The SMILES string of the molecule is CCCNc1cccc(-n2cccn2)c1. The molecule has 0 unspecified atom stereocenters. The lowest BCUT2D eigenvalue weighted by Crippen LogP contribution is -2.01. The van der Waals surface area contributed by atoms with Crippen LogP contribution in [0, 0.1) is 0 Å². The molecule has 0 radical (unpaired) electrons. The minimum atomic E-state index is 1.00. The van der Waals surface area contributed by atoms with Crippen LogP contribution in [-0.2, 0) is 0 Å². The van der Waals surface area contributed by atoms with Crippen molar-refractivity contribution in [3.05, 3.63) is 42.7 Å². The molecule has 0 atom stereocenters. The summed E-state index contributed by atoms with van der Waals surface area (Å²) in [4.78, 5) is 0. The molecule has 15 heavy (non-hydrogen) atoms. The summed E-state index contributed by atoms with van der Waals surface area (Å²) in [6.07, 6.45) is 4.86. The van der Waals surface area contributed by atoms with Crippen molar-refractivity contribution in [1.82, 2.24) is 9.78 Å². The first-order chi connectivity index (χ1) is 7.40. The van der Waals surface area contributed by atoms with Crippen molar-refractivity contribution in [2.75, 3.05) is 11.9 Å². The molecule has 78 valence electrons. The van der Waals surface area contributed by atoms with Crippen LogP contribution in [0.2, 0.25) is 0 Å². The van der Waals surface area contributed by atoms with Gasteiger partial charge in [0.1, 0.15) is 0 Å². The Balaban J connectivity index is 2.19. The summed E-state index contributed by atoms with van der Waals surface area (Å²) < 4.78 is 1.86. The number of hydrogen-bond acceptors (Lipinski definition) is 2. The van der Waals surface area contributed by atoms with Crippen LogP contribution in [0.4, 0.5) is 5.69 Å². The maximum atomic E-state index is 4.20. The summed E-state index contributed by atoms with van der Waals surface area (Å²) in [6.45, 7) is 3.16. The second-order valence-electron chi connectivity index (χ2n) is 3.43. The van der Waals surface area contributed by atoms with Crippen LogP contribution in [0.3, 0.4) is 0 Å². The molecule has 1 aromatic heterocycles. The largest absolute Gasteiger partial charge is 0.385 e. The molecule has 0 amide bonds. The summed E-state index contributed by atoms with van der Waals surface area (Å²) in [5.74, 6) is 0. The summed E-state index contributed by atoms with van der Waals surface area (Å²) in [7, 11) is 0. The van der Waals surface area contributed by atoms with Gasteiger partial charge >= 0.3 is 0 Å². The fourth-order valence-electron chi connectivity index (χ4n) is 1.45. The lowest BCUT2D eigenvalue weighted by atomic mass is 10.2. The normalized spacial score (nSPS) is 10.2. The molecule has 0 fully saturated rings. The van der Waals surface area contributed by atoms with Gasteiger partial charge in [0.15, 0.2) is 0 Å². The highest BCUT2D eigenvalue weighted by Gasteiger charge is 1.96. The maximum Gasteiger partial charge on any atom is 0.0666 e. The molecular formula is C12H15N3. The molecule has 0 aliphatic rings. The molecule has 1 N–H and O–H groups in total. The zero-order valence-electron chi connectivity index (χ0n) is 8.85. The Morgan fingerprint density at radius 2 is 2.27 bits per heavy atom. The minimum absolute atomic E-state index is 1.00. The van der Waals surface area contributed by atoms with Crippen molar-refractivity contribution in [2.45, 2.75) is 13.3 Å². The molecule has 0 aliphatic carbocycles. The molecule has 1 heterocycles. The highest BCUT2D eigenvalue weighted by atomic mass is 15.3. The first kappa shape index (κ1) is 9.77. The van der Waals surface area contributed by atoms with Crippen LogP contribution in [0.1, 0.15) is 13.3 Å². The van der Waals surface area contributed by atoms with E-state index >= 15 is 0 Å². The molecule has 2 rings (SSSR count). The molecule has 0 aliphatic heterocycles. The second kappa shape index (κ2) is 4.64. The number of anilines is 1. The van der Waals surface area contributed by atoms with Crippen LogP contribution in [0.15, 0.2) is 42.7 Å². The number of aromatic nitrogens is 2. The van der Waals surface area contributed by atoms with E-state index < -0.39 is 0 Å². The van der Waals surface area contributed by atoms with Gasteiger partial charge in [-0.3, -0.25) is 0 Å². The Morgan fingerprint density at radius 3 is 3.00 bits per heavy atom. The van der Waals surface area contributed by atoms with Crippen molar-refractivity contribution >= 4 is 5.69 Å². The molecule has 3 nitrogen and oxygen atoms in total. The van der Waals surface area contributed by atoms with Crippen molar-refractivity contribution < 1.29 is 0 Å². The lowest BCUT2D eigenvalue weighted by Gasteiger charge is -2.07. The van der Waals surface area contributed by atoms with E-state index in [4.69, 9.17) is 0 Å². The van der Waals surface area contributed by atoms with E-state index in [0.717, 1.165) is 24.3 Å². The Hall–Kier alpha value is -1.77. The van der Waals surface area contributed by atoms with E-state index in [0.29, 0.717) is 0 Å². The zero-order valence-corrected chi connectivity index (χ0v) is 8.85. The van der Waals surface area contributed by atoms with Gasteiger partial charge in [0, 0.05) is 24.6 Å². The van der Waals surface area contributed by atoms with Gasteiger partial charge in [0.2, 0.25) is 0 Å². The molecule has 0 saturated heterocycles. The van der Waals surface area contributed by atoms with E-state index in [1.807, 2.05) is 29.1 Å². The van der Waals surface area contributed by atoms with E-state index in [1.54, 1.807) is 6.20 Å². The number of rotatable bonds is 4. The predicted octanol–water partition coefficient (Wildman–Crippen LogP) is 2.69. The molecular weight excluding hydrogens is 186 g/mol. The number of benzene rings is 1. The third-order valence-corrected chi connectivity index (χ3v) is 2.19. The summed E-state index contributed by atoms with van der Waals surface area (Å²) >= 11 is 0. The fourth-order valence-corrected chi connectivity index (χ4v) is 1.45. The summed E-state index contributed by atoms with van der Waals surface area (Å²) in [5, 5.41) is 7.55. The average Bonchev–Trinajstić information content (AvgIpc) is 2.80. The van der Waals surface area contributed by atoms with Crippen LogP contribution in [-0.4, -0.2) is 16.3 Å². The Labute approximate surface area is 89.7 Å². The van der Waals surface area contributed by atoms with Gasteiger partial charge < -0.3 is 5.32 Å². The number of nitrogens with one attached hydrogen (secondary N) is 1. The first-order valence-electron chi connectivity index (χ1n) is 5.24. The Morgan fingerprint density at radius 1 is 1.33 bits per heavy atom. The van der Waals surface area contributed by atoms with Gasteiger partial charge in [0.05, 0.1) is 5.69 Å². The molecule has 2 aromatic rings. The third kappa shape index (κ3) is 2.37. The molecule has 1 aromatic carbocycles. The summed E-state index contributed by atoms with van der Waals surface area (Å²) in [6, 6.07) is 10.2. The quantitative estimate of drug-likeness (QED) is 0.824. The molecule has 3 heteroatoms. The van der Waals surface area contributed by atoms with Crippen LogP contribution >= 0.6 is 0 Å². The van der Waals surface area contributed by atoms with Crippen molar-refractivity contribution in [1.29, 1.82) is 0 Å². The van der Waals surface area contributed by atoms with Gasteiger partial charge in [-0.15, -0.1) is 0 Å².